The minimum absolute atomic E-state index is 0.00869. The van der Waals surface area contributed by atoms with Crippen LogP contribution in [0, 0.1) is 0 Å². The molecular formula is C10H16N2O2S. The molecule has 1 aromatic rings. The van der Waals surface area contributed by atoms with Crippen molar-refractivity contribution >= 4 is 22.4 Å². The molecule has 84 valence electrons. The minimum atomic E-state index is -0.395. The van der Waals surface area contributed by atoms with Crippen LogP contribution >= 0.6 is 11.3 Å². The van der Waals surface area contributed by atoms with Gasteiger partial charge >= 0.3 is 5.97 Å². The zero-order valence-corrected chi connectivity index (χ0v) is 10.3. The number of nitrogens with one attached hydrogen (secondary N) is 1. The number of methoxy groups -OCH3 is 1. The third-order valence-corrected chi connectivity index (χ3v) is 2.99. The molecule has 1 aromatic heterocycles. The lowest BCUT2D eigenvalue weighted by Crippen LogP contribution is -2.29. The Hall–Kier alpha value is -1.10. The summed E-state index contributed by atoms with van der Waals surface area (Å²) in [5, 5.41) is 5.71. The number of hydrogen-bond donors (Lipinski definition) is 1. The van der Waals surface area contributed by atoms with Gasteiger partial charge in [-0.3, -0.25) is 0 Å². The number of ether oxygens (including phenoxy) is 1. The van der Waals surface area contributed by atoms with Crippen LogP contribution in [-0.2, 0) is 4.74 Å². The van der Waals surface area contributed by atoms with Crippen molar-refractivity contribution in [2.75, 3.05) is 12.4 Å². The van der Waals surface area contributed by atoms with Gasteiger partial charge in [0.25, 0.3) is 0 Å². The van der Waals surface area contributed by atoms with Gasteiger partial charge in [-0.15, -0.1) is 11.3 Å². The highest BCUT2D eigenvalue weighted by molar-refractivity contribution is 7.13. The number of rotatable bonds is 4. The molecule has 0 atom stereocenters. The van der Waals surface area contributed by atoms with Gasteiger partial charge in [-0.1, -0.05) is 6.92 Å². The fourth-order valence-electron chi connectivity index (χ4n) is 0.907. The van der Waals surface area contributed by atoms with E-state index in [-0.39, 0.29) is 5.54 Å². The third kappa shape index (κ3) is 3.20. The highest BCUT2D eigenvalue weighted by Gasteiger charge is 2.17. The number of anilines is 1. The van der Waals surface area contributed by atoms with Gasteiger partial charge in [-0.25, -0.2) is 9.78 Å². The Balaban J connectivity index is 2.73. The van der Waals surface area contributed by atoms with E-state index in [1.54, 1.807) is 5.38 Å². The molecule has 5 heteroatoms. The summed E-state index contributed by atoms with van der Waals surface area (Å²) < 4.78 is 4.58. The van der Waals surface area contributed by atoms with Gasteiger partial charge in [0.05, 0.1) is 7.11 Å². The van der Waals surface area contributed by atoms with Crippen molar-refractivity contribution in [3.05, 3.63) is 11.1 Å². The van der Waals surface area contributed by atoms with Crippen LogP contribution in [0.4, 0.5) is 5.13 Å². The normalized spacial score (nSPS) is 11.2. The second-order valence-corrected chi connectivity index (χ2v) is 4.75. The fraction of sp³-hybridized carbons (Fsp3) is 0.600. The first-order valence-electron chi connectivity index (χ1n) is 4.80. The van der Waals surface area contributed by atoms with Crippen molar-refractivity contribution in [3.63, 3.8) is 0 Å². The lowest BCUT2D eigenvalue weighted by atomic mass is 10.0. The van der Waals surface area contributed by atoms with Crippen LogP contribution in [0.1, 0.15) is 37.7 Å². The van der Waals surface area contributed by atoms with Gasteiger partial charge in [0, 0.05) is 10.9 Å². The largest absolute Gasteiger partial charge is 0.464 e. The number of thiazole rings is 1. The molecule has 0 unspecified atom stereocenters. The van der Waals surface area contributed by atoms with E-state index in [1.165, 1.54) is 18.4 Å². The SMILES string of the molecule is CCC(C)(C)Nc1nc(C(=O)OC)cs1. The van der Waals surface area contributed by atoms with E-state index in [4.69, 9.17) is 0 Å². The molecule has 4 nitrogen and oxygen atoms in total. The summed E-state index contributed by atoms with van der Waals surface area (Å²) in [6.07, 6.45) is 0.986. The number of hydrogen-bond acceptors (Lipinski definition) is 5. The zero-order chi connectivity index (χ0) is 11.5. The van der Waals surface area contributed by atoms with Crippen LogP contribution in [0.15, 0.2) is 5.38 Å². The Morgan fingerprint density at radius 2 is 2.33 bits per heavy atom. The van der Waals surface area contributed by atoms with Crippen LogP contribution in [0.25, 0.3) is 0 Å². The molecular weight excluding hydrogens is 212 g/mol. The van der Waals surface area contributed by atoms with Crippen molar-refractivity contribution < 1.29 is 9.53 Å². The maximum Gasteiger partial charge on any atom is 0.357 e. The summed E-state index contributed by atoms with van der Waals surface area (Å²) in [6, 6.07) is 0. The van der Waals surface area contributed by atoms with Crippen LogP contribution in [-0.4, -0.2) is 23.6 Å². The first-order chi connectivity index (χ1) is 6.98. The van der Waals surface area contributed by atoms with E-state index < -0.39 is 5.97 Å². The molecule has 0 aliphatic heterocycles. The van der Waals surface area contributed by atoms with Gasteiger partial charge in [-0.2, -0.15) is 0 Å². The van der Waals surface area contributed by atoms with Crippen LogP contribution in [0.2, 0.25) is 0 Å². The second-order valence-electron chi connectivity index (χ2n) is 3.89. The van der Waals surface area contributed by atoms with Gasteiger partial charge in [0.2, 0.25) is 0 Å². The highest BCUT2D eigenvalue weighted by atomic mass is 32.1. The average Bonchev–Trinajstić information content (AvgIpc) is 2.64. The summed E-state index contributed by atoms with van der Waals surface area (Å²) in [6.45, 7) is 6.28. The number of nitrogens with zero attached hydrogens (tertiary/aromatic N) is 1. The van der Waals surface area contributed by atoms with E-state index in [1.807, 2.05) is 0 Å². The molecule has 1 N–H and O–H groups in total. The molecule has 0 aromatic carbocycles. The van der Waals surface area contributed by atoms with E-state index in [0.717, 1.165) is 11.6 Å². The maximum absolute atomic E-state index is 11.2. The van der Waals surface area contributed by atoms with Crippen molar-refractivity contribution in [2.24, 2.45) is 0 Å². The molecule has 0 spiro atoms. The molecule has 1 heterocycles. The average molecular weight is 228 g/mol. The smallest absolute Gasteiger partial charge is 0.357 e. The Labute approximate surface area is 93.7 Å². The second kappa shape index (κ2) is 4.61. The zero-order valence-electron chi connectivity index (χ0n) is 9.46. The number of aromatic nitrogens is 1. The quantitative estimate of drug-likeness (QED) is 0.805. The molecule has 0 bridgehead atoms. The predicted octanol–water partition coefficient (Wildman–Crippen LogP) is 2.53. The Bertz CT molecular complexity index is 347. The first kappa shape index (κ1) is 12.0. The van der Waals surface area contributed by atoms with E-state index in [9.17, 15) is 4.79 Å². The van der Waals surface area contributed by atoms with Gasteiger partial charge in [0.1, 0.15) is 0 Å². The predicted molar refractivity (Wildman–Crippen MR) is 61.4 cm³/mol. The maximum atomic E-state index is 11.2. The van der Waals surface area contributed by atoms with Crippen molar-refractivity contribution in [2.45, 2.75) is 32.7 Å². The molecule has 0 fully saturated rings. The molecule has 0 aliphatic rings. The van der Waals surface area contributed by atoms with Crippen molar-refractivity contribution in [1.29, 1.82) is 0 Å². The summed E-state index contributed by atoms with van der Waals surface area (Å²) in [5.74, 6) is -0.395. The molecule has 0 saturated heterocycles. The fourth-order valence-corrected chi connectivity index (χ4v) is 1.77. The highest BCUT2D eigenvalue weighted by Crippen LogP contribution is 2.21. The summed E-state index contributed by atoms with van der Waals surface area (Å²) in [5.41, 5.74) is 0.350. The molecule has 1 rings (SSSR count). The van der Waals surface area contributed by atoms with Crippen LogP contribution < -0.4 is 5.32 Å². The number of esters is 1. The van der Waals surface area contributed by atoms with E-state index in [0.29, 0.717) is 5.69 Å². The van der Waals surface area contributed by atoms with E-state index >= 15 is 0 Å². The van der Waals surface area contributed by atoms with Crippen molar-refractivity contribution in [1.82, 2.24) is 4.98 Å². The van der Waals surface area contributed by atoms with Gasteiger partial charge < -0.3 is 10.1 Å². The summed E-state index contributed by atoms with van der Waals surface area (Å²) in [4.78, 5) is 15.3. The molecule has 0 amide bonds. The number of carbonyl (C=O) groups excluding carboxylic acids is 1. The summed E-state index contributed by atoms with van der Waals surface area (Å²) in [7, 11) is 1.35. The lowest BCUT2D eigenvalue weighted by Gasteiger charge is -2.23. The van der Waals surface area contributed by atoms with Crippen molar-refractivity contribution in [3.8, 4) is 0 Å². The number of carbonyl (C=O) groups is 1. The van der Waals surface area contributed by atoms with Gasteiger partial charge in [0.15, 0.2) is 10.8 Å². The standard InChI is InChI=1S/C10H16N2O2S/c1-5-10(2,3)12-9-11-7(6-15-9)8(13)14-4/h6H,5H2,1-4H3,(H,11,12). The molecule has 0 radical (unpaired) electrons. The van der Waals surface area contributed by atoms with Gasteiger partial charge in [-0.05, 0) is 20.3 Å². The molecule has 15 heavy (non-hydrogen) atoms. The Morgan fingerprint density at radius 1 is 1.67 bits per heavy atom. The van der Waals surface area contributed by atoms with Crippen LogP contribution in [0.5, 0.6) is 0 Å². The third-order valence-electron chi connectivity index (χ3n) is 2.23. The van der Waals surface area contributed by atoms with Crippen LogP contribution in [0.3, 0.4) is 0 Å². The monoisotopic (exact) mass is 228 g/mol. The van der Waals surface area contributed by atoms with E-state index in [2.05, 4.69) is 35.8 Å². The summed E-state index contributed by atoms with van der Waals surface area (Å²) >= 11 is 1.41. The molecule has 0 aliphatic carbocycles. The topological polar surface area (TPSA) is 51.2 Å². The lowest BCUT2D eigenvalue weighted by molar-refractivity contribution is 0.0595. The Kier molecular flexibility index (Phi) is 3.68. The minimum Gasteiger partial charge on any atom is -0.464 e. The first-order valence-corrected chi connectivity index (χ1v) is 5.68. The Morgan fingerprint density at radius 3 is 2.87 bits per heavy atom. The molecule has 0 saturated carbocycles.